The summed E-state index contributed by atoms with van der Waals surface area (Å²) in [6.07, 6.45) is 0.559. The molecule has 0 saturated heterocycles. The van der Waals surface area contributed by atoms with Crippen molar-refractivity contribution in [2.75, 3.05) is 42.0 Å². The third kappa shape index (κ3) is 3.72. The lowest BCUT2D eigenvalue weighted by Crippen LogP contribution is -2.31. The van der Waals surface area contributed by atoms with Crippen molar-refractivity contribution in [3.63, 3.8) is 0 Å². The SMILES string of the molecule is COc1cc2c(cc1OC)C(=O)Cc1ccc(OC)c(OC)c1C(=O)N(C)CC2. The number of Topliss-reactive ketones (excluding diaryl/α,β-unsaturated/α-hetero) is 1. The van der Waals surface area contributed by atoms with Gasteiger partial charge in [-0.05, 0) is 35.7 Å². The lowest BCUT2D eigenvalue weighted by molar-refractivity contribution is 0.0790. The molecule has 1 heterocycles. The van der Waals surface area contributed by atoms with Crippen LogP contribution in [0.4, 0.5) is 0 Å². The highest BCUT2D eigenvalue weighted by atomic mass is 16.5. The summed E-state index contributed by atoms with van der Waals surface area (Å²) in [5.74, 6) is 1.51. The largest absolute Gasteiger partial charge is 0.493 e. The van der Waals surface area contributed by atoms with Crippen LogP contribution in [0.15, 0.2) is 24.3 Å². The maximum atomic E-state index is 13.2. The summed E-state index contributed by atoms with van der Waals surface area (Å²) in [6.45, 7) is 0.425. The van der Waals surface area contributed by atoms with Crippen LogP contribution in [0.25, 0.3) is 0 Å². The molecule has 0 N–H and O–H groups in total. The van der Waals surface area contributed by atoms with E-state index in [0.717, 1.165) is 5.56 Å². The Hall–Kier alpha value is -3.22. The number of benzene rings is 2. The van der Waals surface area contributed by atoms with Crippen molar-refractivity contribution in [2.45, 2.75) is 12.8 Å². The van der Waals surface area contributed by atoms with Crippen LogP contribution in [0, 0.1) is 0 Å². The molecule has 2 aromatic rings. The minimum absolute atomic E-state index is 0.0533. The summed E-state index contributed by atoms with van der Waals surface area (Å²) in [5, 5.41) is 0. The van der Waals surface area contributed by atoms with Crippen LogP contribution in [-0.4, -0.2) is 58.6 Å². The minimum atomic E-state index is -0.215. The second kappa shape index (κ2) is 8.43. The van der Waals surface area contributed by atoms with Gasteiger partial charge in [-0.2, -0.15) is 0 Å². The van der Waals surface area contributed by atoms with Crippen LogP contribution >= 0.6 is 0 Å². The predicted octanol–water partition coefficient (Wildman–Crippen LogP) is 2.77. The quantitative estimate of drug-likeness (QED) is 0.787. The van der Waals surface area contributed by atoms with Gasteiger partial charge >= 0.3 is 0 Å². The Kier molecular flexibility index (Phi) is 5.96. The van der Waals surface area contributed by atoms with E-state index >= 15 is 0 Å². The Morgan fingerprint density at radius 2 is 1.48 bits per heavy atom. The lowest BCUT2D eigenvalue weighted by Gasteiger charge is -2.24. The van der Waals surface area contributed by atoms with Crippen LogP contribution in [0.3, 0.4) is 0 Å². The van der Waals surface area contributed by atoms with Crippen LogP contribution in [0.5, 0.6) is 23.0 Å². The van der Waals surface area contributed by atoms with Gasteiger partial charge in [0, 0.05) is 25.6 Å². The Morgan fingerprint density at radius 3 is 2.10 bits per heavy atom. The first kappa shape index (κ1) is 20.5. The van der Waals surface area contributed by atoms with Crippen molar-refractivity contribution in [2.24, 2.45) is 0 Å². The van der Waals surface area contributed by atoms with Crippen LogP contribution in [0.2, 0.25) is 0 Å². The molecule has 0 unspecified atom stereocenters. The van der Waals surface area contributed by atoms with E-state index in [4.69, 9.17) is 18.9 Å². The van der Waals surface area contributed by atoms with E-state index in [-0.39, 0.29) is 18.1 Å². The molecule has 0 atom stereocenters. The number of hydrogen-bond acceptors (Lipinski definition) is 6. The molecular weight excluding hydrogens is 374 g/mol. The first-order valence-corrected chi connectivity index (χ1v) is 9.22. The van der Waals surface area contributed by atoms with Crippen molar-refractivity contribution in [1.29, 1.82) is 0 Å². The third-order valence-electron chi connectivity index (χ3n) is 5.17. The van der Waals surface area contributed by atoms with Crippen molar-refractivity contribution < 1.29 is 28.5 Å². The molecule has 1 amide bonds. The monoisotopic (exact) mass is 399 g/mol. The van der Waals surface area contributed by atoms with Crippen LogP contribution < -0.4 is 18.9 Å². The lowest BCUT2D eigenvalue weighted by atomic mass is 9.92. The summed E-state index contributed by atoms with van der Waals surface area (Å²) in [7, 11) is 7.82. The number of fused-ring (bicyclic) bond motifs is 2. The van der Waals surface area contributed by atoms with E-state index < -0.39 is 0 Å². The van der Waals surface area contributed by atoms with E-state index in [2.05, 4.69) is 0 Å². The zero-order valence-corrected chi connectivity index (χ0v) is 17.3. The zero-order valence-electron chi connectivity index (χ0n) is 17.3. The van der Waals surface area contributed by atoms with E-state index in [1.54, 1.807) is 37.3 Å². The van der Waals surface area contributed by atoms with Gasteiger partial charge in [0.25, 0.3) is 5.91 Å². The normalized spacial score (nSPS) is 14.0. The highest BCUT2D eigenvalue weighted by molar-refractivity contribution is 6.04. The molecule has 2 aromatic carbocycles. The van der Waals surface area contributed by atoms with E-state index in [9.17, 15) is 9.59 Å². The summed E-state index contributed by atoms with van der Waals surface area (Å²) in [4.78, 5) is 28.0. The average molecular weight is 399 g/mol. The zero-order chi connectivity index (χ0) is 21.1. The molecule has 0 aromatic heterocycles. The topological polar surface area (TPSA) is 74.3 Å². The molecule has 1 aliphatic heterocycles. The predicted molar refractivity (Wildman–Crippen MR) is 108 cm³/mol. The fourth-order valence-electron chi connectivity index (χ4n) is 3.59. The first-order valence-electron chi connectivity index (χ1n) is 9.22. The smallest absolute Gasteiger partial charge is 0.257 e. The molecule has 1 aliphatic rings. The molecule has 0 fully saturated rings. The van der Waals surface area contributed by atoms with Crippen molar-refractivity contribution in [1.82, 2.24) is 4.90 Å². The maximum absolute atomic E-state index is 13.2. The number of nitrogens with zero attached hydrogens (tertiary/aromatic N) is 1. The van der Waals surface area contributed by atoms with Gasteiger partial charge in [-0.25, -0.2) is 0 Å². The number of amides is 1. The molecule has 29 heavy (non-hydrogen) atoms. The molecule has 0 saturated carbocycles. The molecule has 154 valence electrons. The summed E-state index contributed by atoms with van der Waals surface area (Å²) in [5.41, 5.74) is 2.32. The van der Waals surface area contributed by atoms with Gasteiger partial charge in [0.1, 0.15) is 0 Å². The molecule has 0 spiro atoms. The Bertz CT molecular complexity index is 953. The maximum Gasteiger partial charge on any atom is 0.257 e. The fraction of sp³-hybridized carbons (Fsp3) is 0.364. The third-order valence-corrected chi connectivity index (χ3v) is 5.17. The highest BCUT2D eigenvalue weighted by Gasteiger charge is 2.28. The summed E-state index contributed by atoms with van der Waals surface area (Å²) < 4.78 is 21.6. The average Bonchev–Trinajstić information content (AvgIpc) is 2.74. The number of methoxy groups -OCH3 is 4. The Labute approximate surface area is 170 Å². The van der Waals surface area contributed by atoms with Gasteiger partial charge in [-0.1, -0.05) is 6.07 Å². The molecule has 0 radical (unpaired) electrons. The second-order valence-corrected chi connectivity index (χ2v) is 6.78. The number of likely N-dealkylation sites (N-methyl/N-ethyl adjacent to an activating group) is 1. The van der Waals surface area contributed by atoms with Crippen molar-refractivity contribution in [3.8, 4) is 23.0 Å². The molecule has 7 heteroatoms. The standard InChI is InChI=1S/C22H25NO6/c1-23-9-8-13-11-18(27-3)19(28-4)12-15(13)16(24)10-14-6-7-17(26-2)21(29-5)20(14)22(23)25/h6-7,11-12H,8-10H2,1-5H3. The molecule has 0 bridgehead atoms. The Morgan fingerprint density at radius 1 is 0.828 bits per heavy atom. The fourth-order valence-corrected chi connectivity index (χ4v) is 3.59. The minimum Gasteiger partial charge on any atom is -0.493 e. The number of ether oxygens (including phenoxy) is 4. The van der Waals surface area contributed by atoms with Gasteiger partial charge in [0.15, 0.2) is 28.8 Å². The second-order valence-electron chi connectivity index (χ2n) is 6.78. The number of carbonyl (C=O) groups is 2. The number of rotatable bonds is 4. The number of hydrogen-bond donors (Lipinski definition) is 0. The molecule has 7 nitrogen and oxygen atoms in total. The van der Waals surface area contributed by atoms with Gasteiger partial charge in [0.2, 0.25) is 0 Å². The molecule has 0 aliphatic carbocycles. The van der Waals surface area contributed by atoms with Gasteiger partial charge in [0.05, 0.1) is 34.0 Å². The molecule has 3 rings (SSSR count). The summed E-state index contributed by atoms with van der Waals surface area (Å²) >= 11 is 0. The molecular formula is C22H25NO6. The van der Waals surface area contributed by atoms with Gasteiger partial charge in [-0.3, -0.25) is 9.59 Å². The van der Waals surface area contributed by atoms with Gasteiger partial charge < -0.3 is 23.8 Å². The Balaban J connectivity index is 2.18. The van der Waals surface area contributed by atoms with Crippen molar-refractivity contribution in [3.05, 3.63) is 46.5 Å². The van der Waals surface area contributed by atoms with Crippen LogP contribution in [0.1, 0.15) is 31.8 Å². The van der Waals surface area contributed by atoms with E-state index in [0.29, 0.717) is 52.7 Å². The van der Waals surface area contributed by atoms with E-state index in [1.165, 1.54) is 21.3 Å². The van der Waals surface area contributed by atoms with E-state index in [1.807, 2.05) is 6.07 Å². The number of carbonyl (C=O) groups excluding carboxylic acids is 2. The van der Waals surface area contributed by atoms with Gasteiger partial charge in [-0.15, -0.1) is 0 Å². The van der Waals surface area contributed by atoms with Crippen LogP contribution in [-0.2, 0) is 12.8 Å². The highest BCUT2D eigenvalue weighted by Crippen LogP contribution is 2.37. The summed E-state index contributed by atoms with van der Waals surface area (Å²) in [6, 6.07) is 6.96. The number of ketones is 1. The van der Waals surface area contributed by atoms with Crippen molar-refractivity contribution >= 4 is 11.7 Å². The first-order chi connectivity index (χ1) is 13.9.